The zero-order valence-corrected chi connectivity index (χ0v) is 6.58. The van der Waals surface area contributed by atoms with Gasteiger partial charge in [0, 0.05) is 18.7 Å². The average Bonchev–Trinajstić information content (AvgIpc) is 2.05. The van der Waals surface area contributed by atoms with E-state index in [9.17, 15) is 4.79 Å². The van der Waals surface area contributed by atoms with Crippen LogP contribution >= 0.6 is 11.8 Å². The lowest BCUT2D eigenvalue weighted by Crippen LogP contribution is -2.16. The van der Waals surface area contributed by atoms with E-state index in [2.05, 4.69) is 6.92 Å². The predicted octanol–water partition coefficient (Wildman–Crippen LogP) is 2.01. The second kappa shape index (κ2) is 3.39. The van der Waals surface area contributed by atoms with Crippen molar-refractivity contribution >= 4 is 23.4 Å². The van der Waals surface area contributed by atoms with Crippen LogP contribution in [0.15, 0.2) is 30.3 Å². The lowest BCUT2D eigenvalue weighted by atomic mass is 10.3. The Hall–Kier alpha value is -1.02. The molecule has 0 atom stereocenters. The first kappa shape index (κ1) is 8.08. The van der Waals surface area contributed by atoms with Gasteiger partial charge in [-0.2, -0.15) is 0 Å². The van der Waals surface area contributed by atoms with Crippen molar-refractivity contribution in [3.05, 3.63) is 37.3 Å². The summed E-state index contributed by atoms with van der Waals surface area (Å²) in [6.45, 7) is 3.17. The molecule has 0 saturated carbocycles. The van der Waals surface area contributed by atoms with Gasteiger partial charge < -0.3 is 0 Å². The molecule has 0 aliphatic heterocycles. The molecular formula is C8H7ClNO. The van der Waals surface area contributed by atoms with Crippen LogP contribution in [-0.2, 0) is 4.79 Å². The summed E-state index contributed by atoms with van der Waals surface area (Å²) < 4.78 is 0.972. The largest absolute Gasteiger partial charge is 0.273 e. The highest BCUT2D eigenvalue weighted by Crippen LogP contribution is 2.14. The topological polar surface area (TPSA) is 20.3 Å². The first-order valence-electron chi connectivity index (χ1n) is 3.08. The van der Waals surface area contributed by atoms with Crippen LogP contribution in [0.1, 0.15) is 0 Å². The molecule has 1 rings (SSSR count). The van der Waals surface area contributed by atoms with Crippen LogP contribution in [0, 0.1) is 6.92 Å². The van der Waals surface area contributed by atoms with E-state index in [0.717, 1.165) is 4.42 Å². The highest BCUT2D eigenvalue weighted by molar-refractivity contribution is 6.37. The molecule has 0 saturated heterocycles. The van der Waals surface area contributed by atoms with Crippen molar-refractivity contribution < 1.29 is 4.79 Å². The summed E-state index contributed by atoms with van der Waals surface area (Å²) in [5.74, 6) is -0.433. The number of anilines is 1. The maximum atomic E-state index is 10.6. The zero-order chi connectivity index (χ0) is 8.27. The zero-order valence-electron chi connectivity index (χ0n) is 5.83. The number of para-hydroxylation sites is 1. The summed E-state index contributed by atoms with van der Waals surface area (Å²) >= 11 is 5.56. The van der Waals surface area contributed by atoms with E-state index in [0.29, 0.717) is 5.69 Å². The van der Waals surface area contributed by atoms with Crippen molar-refractivity contribution in [2.24, 2.45) is 0 Å². The molecule has 3 heteroatoms. The van der Waals surface area contributed by atoms with E-state index in [4.69, 9.17) is 11.8 Å². The normalized spacial score (nSPS) is 9.27. The van der Waals surface area contributed by atoms with Crippen molar-refractivity contribution in [2.45, 2.75) is 0 Å². The Morgan fingerprint density at radius 2 is 1.91 bits per heavy atom. The minimum absolute atomic E-state index is 0.433. The molecule has 57 valence electrons. The van der Waals surface area contributed by atoms with E-state index < -0.39 is 5.91 Å². The molecule has 0 heterocycles. The molecule has 0 spiro atoms. The van der Waals surface area contributed by atoms with E-state index in [1.807, 2.05) is 6.07 Å². The summed E-state index contributed by atoms with van der Waals surface area (Å²) in [6.07, 6.45) is 0. The van der Waals surface area contributed by atoms with Crippen LogP contribution in [0.2, 0.25) is 0 Å². The Bertz CT molecular complexity index is 248. The van der Waals surface area contributed by atoms with Crippen LogP contribution in [-0.4, -0.2) is 5.91 Å². The third-order valence-corrected chi connectivity index (χ3v) is 1.59. The average molecular weight is 169 g/mol. The summed E-state index contributed by atoms with van der Waals surface area (Å²) in [7, 11) is 0. The van der Waals surface area contributed by atoms with Gasteiger partial charge in [0.25, 0.3) is 0 Å². The van der Waals surface area contributed by atoms with Crippen molar-refractivity contribution in [2.75, 3.05) is 4.42 Å². The van der Waals surface area contributed by atoms with Gasteiger partial charge in [0.05, 0.1) is 5.69 Å². The highest BCUT2D eigenvalue weighted by atomic mass is 35.5. The SMILES string of the molecule is [CH2]C(=O)N(Cl)c1ccccc1. The van der Waals surface area contributed by atoms with Gasteiger partial charge >= 0.3 is 0 Å². The number of hydrogen-bond donors (Lipinski definition) is 0. The molecule has 1 radical (unpaired) electrons. The number of carbonyl (C=O) groups excluding carboxylic acids is 1. The minimum atomic E-state index is -0.433. The molecule has 11 heavy (non-hydrogen) atoms. The van der Waals surface area contributed by atoms with Crippen molar-refractivity contribution in [1.29, 1.82) is 0 Å². The maximum Gasteiger partial charge on any atom is 0.242 e. The van der Waals surface area contributed by atoms with E-state index in [1.54, 1.807) is 24.3 Å². The fourth-order valence-corrected chi connectivity index (χ4v) is 0.816. The molecule has 1 aromatic carbocycles. The van der Waals surface area contributed by atoms with Crippen LogP contribution in [0.5, 0.6) is 0 Å². The third kappa shape index (κ3) is 1.95. The van der Waals surface area contributed by atoms with Gasteiger partial charge in [-0.05, 0) is 12.1 Å². The first-order chi connectivity index (χ1) is 5.22. The van der Waals surface area contributed by atoms with Crippen LogP contribution in [0.3, 0.4) is 0 Å². The number of hydrogen-bond acceptors (Lipinski definition) is 1. The third-order valence-electron chi connectivity index (χ3n) is 1.20. The first-order valence-corrected chi connectivity index (χ1v) is 3.42. The second-order valence-corrected chi connectivity index (χ2v) is 2.35. The Morgan fingerprint density at radius 3 is 2.36 bits per heavy atom. The molecule has 0 bridgehead atoms. The van der Waals surface area contributed by atoms with Crippen molar-refractivity contribution in [1.82, 2.24) is 0 Å². The summed E-state index contributed by atoms with van der Waals surface area (Å²) in [5.41, 5.74) is 0.633. The quantitative estimate of drug-likeness (QED) is 0.588. The van der Waals surface area contributed by atoms with E-state index in [-0.39, 0.29) is 0 Å². The second-order valence-electron chi connectivity index (χ2n) is 2.01. The van der Waals surface area contributed by atoms with Gasteiger partial charge in [-0.1, -0.05) is 18.2 Å². The number of halogens is 1. The van der Waals surface area contributed by atoms with Gasteiger partial charge in [-0.15, -0.1) is 0 Å². The summed E-state index contributed by atoms with van der Waals surface area (Å²) in [6, 6.07) is 8.91. The Kier molecular flexibility index (Phi) is 2.49. The fourth-order valence-electron chi connectivity index (χ4n) is 0.703. The van der Waals surface area contributed by atoms with Gasteiger partial charge in [0.1, 0.15) is 0 Å². The van der Waals surface area contributed by atoms with Crippen LogP contribution in [0.4, 0.5) is 5.69 Å². The van der Waals surface area contributed by atoms with Crippen LogP contribution in [0.25, 0.3) is 0 Å². The highest BCUT2D eigenvalue weighted by Gasteiger charge is 2.05. The molecule has 2 nitrogen and oxygen atoms in total. The number of rotatable bonds is 1. The number of amides is 1. The fraction of sp³-hybridized carbons (Fsp3) is 0. The monoisotopic (exact) mass is 168 g/mol. The summed E-state index contributed by atoms with van der Waals surface area (Å²) in [4.78, 5) is 10.6. The maximum absolute atomic E-state index is 10.6. The molecule has 0 N–H and O–H groups in total. The Morgan fingerprint density at radius 1 is 1.36 bits per heavy atom. The molecule has 0 aliphatic rings. The number of benzene rings is 1. The molecule has 1 aromatic rings. The van der Waals surface area contributed by atoms with Gasteiger partial charge in [0.15, 0.2) is 0 Å². The van der Waals surface area contributed by atoms with Crippen molar-refractivity contribution in [3.63, 3.8) is 0 Å². The standard InChI is InChI=1S/C8H7ClNO/c1-7(11)10(9)8-5-3-2-4-6-8/h2-6H,1H2. The lowest BCUT2D eigenvalue weighted by Gasteiger charge is -2.09. The van der Waals surface area contributed by atoms with E-state index in [1.165, 1.54) is 0 Å². The Labute approximate surface area is 70.5 Å². The minimum Gasteiger partial charge on any atom is -0.273 e. The van der Waals surface area contributed by atoms with Crippen molar-refractivity contribution in [3.8, 4) is 0 Å². The molecule has 0 aliphatic carbocycles. The number of nitrogens with zero attached hydrogens (tertiary/aromatic N) is 1. The number of carbonyl (C=O) groups is 1. The molecule has 1 amide bonds. The molecule has 0 unspecified atom stereocenters. The molecule has 0 fully saturated rings. The Balaban J connectivity index is 2.85. The van der Waals surface area contributed by atoms with Crippen LogP contribution < -0.4 is 4.42 Å². The van der Waals surface area contributed by atoms with Gasteiger partial charge in [-0.3, -0.25) is 4.79 Å². The van der Waals surface area contributed by atoms with E-state index >= 15 is 0 Å². The predicted molar refractivity (Wildman–Crippen MR) is 45.1 cm³/mol. The molecule has 0 aromatic heterocycles. The summed E-state index contributed by atoms with van der Waals surface area (Å²) in [5, 5.41) is 0. The lowest BCUT2D eigenvalue weighted by molar-refractivity contribution is -0.113. The smallest absolute Gasteiger partial charge is 0.242 e. The molecular weight excluding hydrogens is 162 g/mol. The van der Waals surface area contributed by atoms with Gasteiger partial charge in [-0.25, -0.2) is 4.42 Å². The van der Waals surface area contributed by atoms with Gasteiger partial charge in [0.2, 0.25) is 5.91 Å².